The Morgan fingerprint density at radius 3 is 2.43 bits per heavy atom. The number of rotatable bonds is 4. The van der Waals surface area contributed by atoms with Crippen LogP contribution in [0, 0.1) is 5.82 Å². The lowest BCUT2D eigenvalue weighted by atomic mass is 10.1. The van der Waals surface area contributed by atoms with E-state index in [2.05, 4.69) is 10.0 Å². The molecule has 1 aromatic carbocycles. The molecule has 1 aromatic rings. The van der Waals surface area contributed by atoms with Gasteiger partial charge in [-0.3, -0.25) is 4.79 Å². The van der Waals surface area contributed by atoms with Crippen LogP contribution in [0.15, 0.2) is 23.1 Å². The van der Waals surface area contributed by atoms with Crippen molar-refractivity contribution < 1.29 is 17.6 Å². The molecule has 1 rings (SSSR count). The molecule has 8 heteroatoms. The third-order valence-electron chi connectivity index (χ3n) is 2.47. The number of sulfonamides is 1. The molecule has 0 spiro atoms. The van der Waals surface area contributed by atoms with Crippen LogP contribution in [0.4, 0.5) is 10.1 Å². The molecular weight excluding hydrogens is 297 g/mol. The van der Waals surface area contributed by atoms with Gasteiger partial charge in [-0.25, -0.2) is 12.8 Å². The van der Waals surface area contributed by atoms with E-state index in [0.29, 0.717) is 0 Å². The first kappa shape index (κ1) is 17.4. The molecule has 0 radical (unpaired) electrons. The van der Waals surface area contributed by atoms with E-state index in [4.69, 9.17) is 5.73 Å². The predicted octanol–water partition coefficient (Wildman–Crippen LogP) is 0.989. The summed E-state index contributed by atoms with van der Waals surface area (Å²) in [6.45, 7) is 6.68. The van der Waals surface area contributed by atoms with Crippen LogP contribution in [-0.2, 0) is 14.8 Å². The Kier molecular flexibility index (Phi) is 4.95. The van der Waals surface area contributed by atoms with Gasteiger partial charge in [0.25, 0.3) is 0 Å². The predicted molar refractivity (Wildman–Crippen MR) is 78.5 cm³/mol. The fourth-order valence-corrected chi connectivity index (χ4v) is 2.87. The van der Waals surface area contributed by atoms with E-state index in [1.807, 2.05) is 0 Å². The number of halogens is 1. The maximum absolute atomic E-state index is 13.6. The molecule has 4 N–H and O–H groups in total. The van der Waals surface area contributed by atoms with E-state index in [0.717, 1.165) is 12.1 Å². The second kappa shape index (κ2) is 5.98. The van der Waals surface area contributed by atoms with Crippen LogP contribution in [-0.4, -0.2) is 25.9 Å². The third kappa shape index (κ3) is 4.98. The van der Waals surface area contributed by atoms with E-state index in [9.17, 15) is 17.6 Å². The smallest absolute Gasteiger partial charge is 0.244 e. The Bertz CT molecular complexity index is 639. The Balaban J connectivity index is 2.95. The number of carbonyl (C=O) groups is 1. The van der Waals surface area contributed by atoms with E-state index >= 15 is 0 Å². The zero-order valence-corrected chi connectivity index (χ0v) is 13.2. The molecule has 118 valence electrons. The maximum atomic E-state index is 13.6. The fraction of sp³-hybridized carbons (Fsp3) is 0.462. The molecule has 0 aliphatic carbocycles. The summed E-state index contributed by atoms with van der Waals surface area (Å²) in [6.07, 6.45) is 0. The molecule has 6 nitrogen and oxygen atoms in total. The highest BCUT2D eigenvalue weighted by molar-refractivity contribution is 7.89. The Morgan fingerprint density at radius 1 is 1.33 bits per heavy atom. The van der Waals surface area contributed by atoms with Crippen molar-refractivity contribution in [3.63, 3.8) is 0 Å². The minimum Gasteiger partial charge on any atom is -0.399 e. The standard InChI is InChI=1S/C13H20FN3O3S/c1-8(12(18)16-13(2,3)4)17-21(19,20)11-7-9(15)5-6-10(11)14/h5-8,17H,15H2,1-4H3,(H,16,18). The summed E-state index contributed by atoms with van der Waals surface area (Å²) >= 11 is 0. The second-order valence-corrected chi connectivity index (χ2v) is 7.45. The molecule has 1 atom stereocenters. The van der Waals surface area contributed by atoms with Gasteiger partial charge in [0.1, 0.15) is 10.7 Å². The molecule has 0 aliphatic rings. The molecule has 1 amide bonds. The fourth-order valence-electron chi connectivity index (χ4n) is 1.55. The lowest BCUT2D eigenvalue weighted by Gasteiger charge is -2.23. The number of hydrogen-bond acceptors (Lipinski definition) is 4. The lowest BCUT2D eigenvalue weighted by molar-refractivity contribution is -0.123. The van der Waals surface area contributed by atoms with Gasteiger partial charge >= 0.3 is 0 Å². The first-order valence-electron chi connectivity index (χ1n) is 6.32. The summed E-state index contributed by atoms with van der Waals surface area (Å²) < 4.78 is 39.9. The summed E-state index contributed by atoms with van der Waals surface area (Å²) in [4.78, 5) is 11.3. The van der Waals surface area contributed by atoms with Crippen LogP contribution < -0.4 is 15.8 Å². The van der Waals surface area contributed by atoms with E-state index < -0.39 is 38.2 Å². The third-order valence-corrected chi connectivity index (χ3v) is 4.02. The van der Waals surface area contributed by atoms with Crippen LogP contribution >= 0.6 is 0 Å². The van der Waals surface area contributed by atoms with Crippen LogP contribution in [0.2, 0.25) is 0 Å². The summed E-state index contributed by atoms with van der Waals surface area (Å²) in [5, 5.41) is 2.63. The number of amides is 1. The maximum Gasteiger partial charge on any atom is 0.244 e. The SMILES string of the molecule is CC(NS(=O)(=O)c1cc(N)ccc1F)C(=O)NC(C)(C)C. The highest BCUT2D eigenvalue weighted by Gasteiger charge is 2.26. The quantitative estimate of drug-likeness (QED) is 0.721. The minimum atomic E-state index is -4.18. The van der Waals surface area contributed by atoms with Crippen molar-refractivity contribution in [2.24, 2.45) is 0 Å². The average Bonchev–Trinajstić information content (AvgIpc) is 2.29. The summed E-state index contributed by atoms with van der Waals surface area (Å²) in [5.74, 6) is -1.43. The van der Waals surface area contributed by atoms with Gasteiger partial charge < -0.3 is 11.1 Å². The van der Waals surface area contributed by atoms with E-state index in [1.54, 1.807) is 20.8 Å². The van der Waals surface area contributed by atoms with Gasteiger partial charge in [0.15, 0.2) is 0 Å². The van der Waals surface area contributed by atoms with Crippen molar-refractivity contribution in [2.45, 2.75) is 44.2 Å². The van der Waals surface area contributed by atoms with Crippen molar-refractivity contribution in [1.29, 1.82) is 0 Å². The number of carbonyl (C=O) groups excluding carboxylic acids is 1. The molecule has 0 saturated carbocycles. The molecule has 21 heavy (non-hydrogen) atoms. The molecule has 0 heterocycles. The number of benzene rings is 1. The average molecular weight is 317 g/mol. The van der Waals surface area contributed by atoms with E-state index in [1.165, 1.54) is 13.0 Å². The van der Waals surface area contributed by atoms with Crippen molar-refractivity contribution in [3.8, 4) is 0 Å². The van der Waals surface area contributed by atoms with Gasteiger partial charge in [0.2, 0.25) is 15.9 Å². The number of anilines is 1. The van der Waals surface area contributed by atoms with Gasteiger partial charge in [-0.1, -0.05) is 0 Å². The minimum absolute atomic E-state index is 0.114. The molecular formula is C13H20FN3O3S. The summed E-state index contributed by atoms with van der Waals surface area (Å²) in [5.41, 5.74) is 5.07. The first-order chi connectivity index (χ1) is 9.42. The molecule has 0 aliphatic heterocycles. The number of hydrogen-bond donors (Lipinski definition) is 3. The molecule has 1 unspecified atom stereocenters. The summed E-state index contributed by atoms with van der Waals surface area (Å²) in [7, 11) is -4.18. The van der Waals surface area contributed by atoms with Gasteiger partial charge in [-0.2, -0.15) is 4.72 Å². The highest BCUT2D eigenvalue weighted by Crippen LogP contribution is 2.17. The monoisotopic (exact) mass is 317 g/mol. The van der Waals surface area contributed by atoms with Gasteiger partial charge in [0.05, 0.1) is 6.04 Å². The second-order valence-electron chi connectivity index (χ2n) is 5.77. The van der Waals surface area contributed by atoms with Crippen molar-refractivity contribution >= 4 is 21.6 Å². The molecule has 0 aromatic heterocycles. The van der Waals surface area contributed by atoms with E-state index in [-0.39, 0.29) is 5.69 Å². The Hall–Kier alpha value is -1.67. The zero-order chi connectivity index (χ0) is 16.4. The number of nitrogens with one attached hydrogen (secondary N) is 2. The molecule has 0 fully saturated rings. The largest absolute Gasteiger partial charge is 0.399 e. The first-order valence-corrected chi connectivity index (χ1v) is 7.80. The van der Waals surface area contributed by atoms with Crippen LogP contribution in [0.5, 0.6) is 0 Å². The number of nitrogen functional groups attached to an aromatic ring is 1. The zero-order valence-electron chi connectivity index (χ0n) is 12.4. The topological polar surface area (TPSA) is 101 Å². The highest BCUT2D eigenvalue weighted by atomic mass is 32.2. The van der Waals surface area contributed by atoms with Gasteiger partial charge in [0, 0.05) is 11.2 Å². The van der Waals surface area contributed by atoms with Crippen molar-refractivity contribution in [1.82, 2.24) is 10.0 Å². The molecule has 0 saturated heterocycles. The lowest BCUT2D eigenvalue weighted by Crippen LogP contribution is -2.50. The Morgan fingerprint density at radius 2 is 1.90 bits per heavy atom. The normalized spacial score (nSPS) is 13.8. The Labute approximate surface area is 124 Å². The van der Waals surface area contributed by atoms with Crippen LogP contribution in [0.3, 0.4) is 0 Å². The van der Waals surface area contributed by atoms with Crippen molar-refractivity contribution in [3.05, 3.63) is 24.0 Å². The summed E-state index contributed by atoms with van der Waals surface area (Å²) in [6, 6.07) is 2.18. The van der Waals surface area contributed by atoms with Crippen LogP contribution in [0.25, 0.3) is 0 Å². The van der Waals surface area contributed by atoms with Crippen LogP contribution in [0.1, 0.15) is 27.7 Å². The molecule has 0 bridgehead atoms. The van der Waals surface area contributed by atoms with Gasteiger partial charge in [-0.15, -0.1) is 0 Å². The number of nitrogens with two attached hydrogens (primary N) is 1. The van der Waals surface area contributed by atoms with Gasteiger partial charge in [-0.05, 0) is 45.9 Å². The van der Waals surface area contributed by atoms with Crippen molar-refractivity contribution in [2.75, 3.05) is 5.73 Å².